The Kier molecular flexibility index (Phi) is 7.05. The van der Waals surface area contributed by atoms with Crippen molar-refractivity contribution in [2.45, 2.75) is 45.8 Å². The molecular formula is C25H30O3. The summed E-state index contributed by atoms with van der Waals surface area (Å²) in [7, 11) is 0. The van der Waals surface area contributed by atoms with Gasteiger partial charge in [-0.05, 0) is 36.3 Å². The summed E-state index contributed by atoms with van der Waals surface area (Å²) in [4.78, 5) is 13.2. The number of esters is 1. The first-order valence-electron chi connectivity index (χ1n) is 10.2. The Balaban J connectivity index is 1.81. The fraction of sp³-hybridized carbons (Fsp3) is 0.400. The van der Waals surface area contributed by atoms with Crippen LogP contribution in [0.4, 0.5) is 0 Å². The fourth-order valence-electron chi connectivity index (χ4n) is 3.68. The highest BCUT2D eigenvalue weighted by Crippen LogP contribution is 2.44. The molecule has 2 aromatic carbocycles. The van der Waals surface area contributed by atoms with Gasteiger partial charge in [0.15, 0.2) is 0 Å². The lowest BCUT2D eigenvalue weighted by atomic mass is 9.83. The summed E-state index contributed by atoms with van der Waals surface area (Å²) in [6.45, 7) is 5.05. The largest absolute Gasteiger partial charge is 0.465 e. The van der Waals surface area contributed by atoms with Crippen LogP contribution in [0.3, 0.4) is 0 Å². The van der Waals surface area contributed by atoms with E-state index in [4.69, 9.17) is 9.47 Å². The summed E-state index contributed by atoms with van der Waals surface area (Å²) in [5.74, 6) is 0.146. The Morgan fingerprint density at radius 1 is 1.11 bits per heavy atom. The van der Waals surface area contributed by atoms with Gasteiger partial charge in [-0.25, -0.2) is 0 Å². The lowest BCUT2D eigenvalue weighted by molar-refractivity contribution is -0.161. The molecular weight excluding hydrogens is 348 g/mol. The first-order valence-corrected chi connectivity index (χ1v) is 10.2. The Morgan fingerprint density at radius 2 is 1.79 bits per heavy atom. The van der Waals surface area contributed by atoms with Crippen molar-refractivity contribution in [1.82, 2.24) is 0 Å². The molecule has 148 valence electrons. The van der Waals surface area contributed by atoms with Gasteiger partial charge >= 0.3 is 5.97 Å². The van der Waals surface area contributed by atoms with Gasteiger partial charge in [-0.1, -0.05) is 86.7 Å². The van der Waals surface area contributed by atoms with E-state index in [1.807, 2.05) is 72.8 Å². The number of hydrogen-bond acceptors (Lipinski definition) is 3. The normalized spacial score (nSPS) is 22.0. The van der Waals surface area contributed by atoms with Crippen molar-refractivity contribution in [3.63, 3.8) is 0 Å². The van der Waals surface area contributed by atoms with Gasteiger partial charge in [0.05, 0.1) is 19.3 Å². The van der Waals surface area contributed by atoms with Crippen molar-refractivity contribution >= 4 is 12.0 Å². The van der Waals surface area contributed by atoms with Crippen molar-refractivity contribution in [3.05, 3.63) is 77.9 Å². The highest BCUT2D eigenvalue weighted by Gasteiger charge is 2.49. The van der Waals surface area contributed by atoms with E-state index in [1.165, 1.54) is 0 Å². The van der Waals surface area contributed by atoms with Crippen molar-refractivity contribution in [3.8, 4) is 0 Å². The van der Waals surface area contributed by atoms with Crippen molar-refractivity contribution < 1.29 is 14.3 Å². The summed E-state index contributed by atoms with van der Waals surface area (Å²) in [5.41, 5.74) is 1.47. The summed E-state index contributed by atoms with van der Waals surface area (Å²) in [6, 6.07) is 20.2. The second-order valence-electron chi connectivity index (χ2n) is 7.95. The van der Waals surface area contributed by atoms with Crippen LogP contribution in [0.1, 0.15) is 44.2 Å². The summed E-state index contributed by atoms with van der Waals surface area (Å²) >= 11 is 0. The first kappa shape index (κ1) is 20.3. The minimum absolute atomic E-state index is 0.163. The molecule has 1 fully saturated rings. The van der Waals surface area contributed by atoms with E-state index in [2.05, 4.69) is 13.8 Å². The minimum Gasteiger partial charge on any atom is -0.465 e. The van der Waals surface area contributed by atoms with Crippen LogP contribution in [0.15, 0.2) is 66.7 Å². The summed E-state index contributed by atoms with van der Waals surface area (Å²) in [5, 5.41) is 0. The third-order valence-electron chi connectivity index (χ3n) is 5.23. The molecule has 0 radical (unpaired) electrons. The van der Waals surface area contributed by atoms with Crippen LogP contribution < -0.4 is 0 Å². The van der Waals surface area contributed by atoms with Gasteiger partial charge in [-0.15, -0.1) is 0 Å². The van der Waals surface area contributed by atoms with E-state index >= 15 is 0 Å². The zero-order valence-electron chi connectivity index (χ0n) is 16.8. The third-order valence-corrected chi connectivity index (χ3v) is 5.23. The fourth-order valence-corrected chi connectivity index (χ4v) is 3.68. The van der Waals surface area contributed by atoms with Crippen molar-refractivity contribution in [2.24, 2.45) is 11.3 Å². The molecule has 1 aliphatic carbocycles. The number of benzene rings is 2. The highest BCUT2D eigenvalue weighted by atomic mass is 16.5. The second-order valence-corrected chi connectivity index (χ2v) is 7.95. The molecule has 0 aromatic heterocycles. The Hall–Kier alpha value is -2.39. The summed E-state index contributed by atoms with van der Waals surface area (Å²) in [6.07, 6.45) is 6.45. The number of hydrogen-bond donors (Lipinski definition) is 0. The Labute approximate surface area is 168 Å². The van der Waals surface area contributed by atoms with Gasteiger partial charge in [-0.3, -0.25) is 4.79 Å². The van der Waals surface area contributed by atoms with E-state index < -0.39 is 5.41 Å². The molecule has 2 atom stereocenters. The zero-order valence-corrected chi connectivity index (χ0v) is 16.8. The van der Waals surface area contributed by atoms with Gasteiger partial charge < -0.3 is 9.47 Å². The smallest absolute Gasteiger partial charge is 0.318 e. The maximum Gasteiger partial charge on any atom is 0.318 e. The molecule has 2 unspecified atom stereocenters. The van der Waals surface area contributed by atoms with Gasteiger partial charge in [0, 0.05) is 0 Å². The Morgan fingerprint density at radius 3 is 2.46 bits per heavy atom. The molecule has 0 heterocycles. The van der Waals surface area contributed by atoms with Crippen LogP contribution in [0.5, 0.6) is 0 Å². The Bertz CT molecular complexity index is 767. The number of ether oxygens (including phenoxy) is 2. The predicted molar refractivity (Wildman–Crippen MR) is 113 cm³/mol. The summed E-state index contributed by atoms with van der Waals surface area (Å²) < 4.78 is 12.0. The van der Waals surface area contributed by atoms with Gasteiger partial charge in [0.1, 0.15) is 5.41 Å². The quantitative estimate of drug-likeness (QED) is 0.557. The standard InChI is InChI=1S/C25H30O3/c1-20(2)18-28-24(26)25(17-15-21-10-5-3-6-11-21)16-9-14-23(25)27-19-22-12-7-4-8-13-22/h3-8,10-13,15,17,20,23H,9,14,16,18-19H2,1-2H3. The van der Waals surface area contributed by atoms with Crippen LogP contribution >= 0.6 is 0 Å². The third kappa shape index (κ3) is 5.11. The molecule has 1 saturated carbocycles. The molecule has 3 rings (SSSR count). The van der Waals surface area contributed by atoms with Crippen LogP contribution in [-0.2, 0) is 20.9 Å². The van der Waals surface area contributed by atoms with E-state index in [9.17, 15) is 4.79 Å². The van der Waals surface area contributed by atoms with Crippen molar-refractivity contribution in [1.29, 1.82) is 0 Å². The van der Waals surface area contributed by atoms with Gasteiger partial charge in [0.2, 0.25) is 0 Å². The number of carbonyl (C=O) groups is 1. The highest BCUT2D eigenvalue weighted by molar-refractivity contribution is 5.82. The lowest BCUT2D eigenvalue weighted by Crippen LogP contribution is -2.40. The van der Waals surface area contributed by atoms with Crippen LogP contribution in [0.25, 0.3) is 6.08 Å². The minimum atomic E-state index is -0.723. The van der Waals surface area contributed by atoms with E-state index in [1.54, 1.807) is 0 Å². The second kappa shape index (κ2) is 9.70. The SMILES string of the molecule is CC(C)COC(=O)C1(C=Cc2ccccc2)CCCC1OCc1ccccc1. The molecule has 0 saturated heterocycles. The topological polar surface area (TPSA) is 35.5 Å². The maximum absolute atomic E-state index is 13.2. The average molecular weight is 379 g/mol. The van der Waals surface area contributed by atoms with Gasteiger partial charge in [0.25, 0.3) is 0 Å². The van der Waals surface area contributed by atoms with E-state index in [0.29, 0.717) is 19.1 Å². The molecule has 0 spiro atoms. The zero-order chi connectivity index (χ0) is 19.8. The molecule has 3 heteroatoms. The van der Waals surface area contributed by atoms with Crippen LogP contribution in [0.2, 0.25) is 0 Å². The number of rotatable bonds is 8. The molecule has 3 nitrogen and oxygen atoms in total. The van der Waals surface area contributed by atoms with Crippen LogP contribution in [0, 0.1) is 11.3 Å². The number of carbonyl (C=O) groups excluding carboxylic acids is 1. The van der Waals surface area contributed by atoms with Crippen molar-refractivity contribution in [2.75, 3.05) is 6.61 Å². The molecule has 1 aliphatic rings. The molecule has 0 bridgehead atoms. The molecule has 0 N–H and O–H groups in total. The predicted octanol–water partition coefficient (Wildman–Crippen LogP) is 5.65. The molecule has 0 aliphatic heterocycles. The molecule has 0 amide bonds. The average Bonchev–Trinajstić information content (AvgIpc) is 3.14. The molecule has 2 aromatic rings. The van der Waals surface area contributed by atoms with E-state index in [-0.39, 0.29) is 12.1 Å². The first-order chi connectivity index (χ1) is 13.6. The van der Waals surface area contributed by atoms with E-state index in [0.717, 1.165) is 30.4 Å². The monoisotopic (exact) mass is 378 g/mol. The maximum atomic E-state index is 13.2. The van der Waals surface area contributed by atoms with Gasteiger partial charge in [-0.2, -0.15) is 0 Å². The molecule has 28 heavy (non-hydrogen) atoms. The van der Waals surface area contributed by atoms with Crippen LogP contribution in [-0.4, -0.2) is 18.7 Å². The lowest BCUT2D eigenvalue weighted by Gasteiger charge is -2.31.